The molecule has 1 aliphatic carbocycles. The molecular formula is C17H17BrO3S. The summed E-state index contributed by atoms with van der Waals surface area (Å²) < 4.78 is 30.9. The lowest BCUT2D eigenvalue weighted by atomic mass is 9.65. The third-order valence-electron chi connectivity index (χ3n) is 4.29. The lowest BCUT2D eigenvalue weighted by Gasteiger charge is -2.41. The number of rotatable bonds is 5. The van der Waals surface area contributed by atoms with Gasteiger partial charge >= 0.3 is 0 Å². The van der Waals surface area contributed by atoms with Gasteiger partial charge in [0.15, 0.2) is 0 Å². The average Bonchev–Trinajstić information content (AvgIpc) is 2.47. The predicted molar refractivity (Wildman–Crippen MR) is 89.3 cm³/mol. The van der Waals surface area contributed by atoms with Gasteiger partial charge in [-0.2, -0.15) is 8.42 Å². The Bertz CT molecular complexity index is 735. The molecule has 2 aromatic carbocycles. The first-order valence-corrected chi connectivity index (χ1v) is 9.43. The molecule has 0 N–H and O–H groups in total. The molecular weight excluding hydrogens is 364 g/mol. The van der Waals surface area contributed by atoms with Gasteiger partial charge in [-0.1, -0.05) is 52.7 Å². The highest BCUT2D eigenvalue weighted by Crippen LogP contribution is 2.44. The molecule has 0 aromatic heterocycles. The molecule has 2 aromatic rings. The van der Waals surface area contributed by atoms with Gasteiger partial charge in [-0.25, -0.2) is 0 Å². The maximum Gasteiger partial charge on any atom is 0.297 e. The zero-order valence-electron chi connectivity index (χ0n) is 12.0. The molecule has 3 nitrogen and oxygen atoms in total. The fraction of sp³-hybridized carbons (Fsp3) is 0.294. The maximum absolute atomic E-state index is 12.3. The van der Waals surface area contributed by atoms with E-state index in [0.29, 0.717) is 0 Å². The summed E-state index contributed by atoms with van der Waals surface area (Å²) in [6, 6.07) is 16.5. The first-order valence-electron chi connectivity index (χ1n) is 7.22. The molecule has 3 rings (SSSR count). The van der Waals surface area contributed by atoms with Crippen LogP contribution in [0.2, 0.25) is 0 Å². The Morgan fingerprint density at radius 3 is 2.18 bits per heavy atom. The van der Waals surface area contributed by atoms with Gasteiger partial charge in [0.05, 0.1) is 11.5 Å². The van der Waals surface area contributed by atoms with E-state index < -0.39 is 10.1 Å². The van der Waals surface area contributed by atoms with Crippen molar-refractivity contribution in [2.75, 3.05) is 6.61 Å². The monoisotopic (exact) mass is 380 g/mol. The Morgan fingerprint density at radius 2 is 1.64 bits per heavy atom. The van der Waals surface area contributed by atoms with Crippen molar-refractivity contribution in [1.29, 1.82) is 0 Å². The van der Waals surface area contributed by atoms with Crippen LogP contribution in [0.4, 0.5) is 0 Å². The van der Waals surface area contributed by atoms with E-state index in [9.17, 15) is 8.42 Å². The second-order valence-electron chi connectivity index (χ2n) is 5.67. The molecule has 0 atom stereocenters. The molecule has 22 heavy (non-hydrogen) atoms. The van der Waals surface area contributed by atoms with Crippen molar-refractivity contribution in [2.24, 2.45) is 0 Å². The van der Waals surface area contributed by atoms with Crippen LogP contribution >= 0.6 is 15.9 Å². The van der Waals surface area contributed by atoms with Gasteiger partial charge in [-0.15, -0.1) is 0 Å². The molecule has 116 valence electrons. The van der Waals surface area contributed by atoms with Crippen molar-refractivity contribution in [3.63, 3.8) is 0 Å². The standard InChI is InChI=1S/C17H17BrO3S/c18-15-7-9-16(10-8-15)22(19,20)21-13-17(11-4-12-17)14-5-2-1-3-6-14/h1-3,5-10H,4,11-13H2. The zero-order chi connectivity index (χ0) is 15.6. The summed E-state index contributed by atoms with van der Waals surface area (Å²) in [6.45, 7) is 0.204. The molecule has 1 aliphatic rings. The van der Waals surface area contributed by atoms with E-state index in [-0.39, 0.29) is 16.9 Å². The summed E-state index contributed by atoms with van der Waals surface area (Å²) in [4.78, 5) is 0.193. The summed E-state index contributed by atoms with van der Waals surface area (Å²) in [5, 5.41) is 0. The molecule has 0 spiro atoms. The largest absolute Gasteiger partial charge is 0.297 e. The highest BCUT2D eigenvalue weighted by molar-refractivity contribution is 9.10. The van der Waals surface area contributed by atoms with Crippen LogP contribution in [0.5, 0.6) is 0 Å². The van der Waals surface area contributed by atoms with Crippen LogP contribution in [-0.2, 0) is 19.7 Å². The number of hydrogen-bond acceptors (Lipinski definition) is 3. The van der Waals surface area contributed by atoms with E-state index in [4.69, 9.17) is 4.18 Å². The van der Waals surface area contributed by atoms with E-state index in [1.807, 2.05) is 18.2 Å². The van der Waals surface area contributed by atoms with Crippen LogP contribution in [-0.4, -0.2) is 15.0 Å². The van der Waals surface area contributed by atoms with Gasteiger partial charge in [0, 0.05) is 9.89 Å². The third-order valence-corrected chi connectivity index (χ3v) is 6.10. The van der Waals surface area contributed by atoms with Gasteiger partial charge in [-0.05, 0) is 42.7 Å². The number of halogens is 1. The van der Waals surface area contributed by atoms with Crippen LogP contribution in [0.15, 0.2) is 64.0 Å². The highest BCUT2D eigenvalue weighted by atomic mass is 79.9. The summed E-state index contributed by atoms with van der Waals surface area (Å²) >= 11 is 3.30. The third kappa shape index (κ3) is 3.12. The summed E-state index contributed by atoms with van der Waals surface area (Å²) in [5.74, 6) is 0. The van der Waals surface area contributed by atoms with Gasteiger partial charge in [-0.3, -0.25) is 4.18 Å². The fourth-order valence-corrected chi connectivity index (χ4v) is 4.02. The maximum atomic E-state index is 12.3. The van der Waals surface area contributed by atoms with Gasteiger partial charge in [0.25, 0.3) is 10.1 Å². The minimum absolute atomic E-state index is 0.163. The Kier molecular flexibility index (Phi) is 4.39. The van der Waals surface area contributed by atoms with Crippen molar-refractivity contribution in [3.05, 3.63) is 64.6 Å². The fourth-order valence-electron chi connectivity index (χ4n) is 2.77. The van der Waals surface area contributed by atoms with Crippen molar-refractivity contribution in [1.82, 2.24) is 0 Å². The van der Waals surface area contributed by atoms with E-state index >= 15 is 0 Å². The average molecular weight is 381 g/mol. The SMILES string of the molecule is O=S(=O)(OCC1(c2ccccc2)CCC1)c1ccc(Br)cc1. The second-order valence-corrected chi connectivity index (χ2v) is 8.20. The lowest BCUT2D eigenvalue weighted by Crippen LogP contribution is -2.39. The Labute approximate surface area is 139 Å². The van der Waals surface area contributed by atoms with Crippen molar-refractivity contribution >= 4 is 26.0 Å². The molecule has 1 fully saturated rings. The van der Waals surface area contributed by atoms with Gasteiger partial charge < -0.3 is 0 Å². The Hall–Kier alpha value is -1.17. The van der Waals surface area contributed by atoms with Crippen LogP contribution < -0.4 is 0 Å². The lowest BCUT2D eigenvalue weighted by molar-refractivity contribution is 0.140. The van der Waals surface area contributed by atoms with Gasteiger partial charge in [0.1, 0.15) is 0 Å². The first-order chi connectivity index (χ1) is 10.5. The van der Waals surface area contributed by atoms with Gasteiger partial charge in [0.2, 0.25) is 0 Å². The van der Waals surface area contributed by atoms with Crippen LogP contribution in [0.1, 0.15) is 24.8 Å². The minimum Gasteiger partial charge on any atom is -0.265 e. The van der Waals surface area contributed by atoms with E-state index in [1.165, 1.54) is 0 Å². The molecule has 5 heteroatoms. The molecule has 0 saturated heterocycles. The smallest absolute Gasteiger partial charge is 0.265 e. The Morgan fingerprint density at radius 1 is 1.00 bits per heavy atom. The van der Waals surface area contributed by atoms with Crippen LogP contribution in [0, 0.1) is 0 Å². The van der Waals surface area contributed by atoms with Crippen LogP contribution in [0.3, 0.4) is 0 Å². The molecule has 0 bridgehead atoms. The first kappa shape index (κ1) is 15.7. The topological polar surface area (TPSA) is 43.4 Å². The molecule has 0 amide bonds. The normalized spacial score (nSPS) is 17.0. The number of hydrogen-bond donors (Lipinski definition) is 0. The molecule has 0 heterocycles. The van der Waals surface area contributed by atoms with E-state index in [0.717, 1.165) is 29.3 Å². The highest BCUT2D eigenvalue weighted by Gasteiger charge is 2.40. The van der Waals surface area contributed by atoms with Crippen LogP contribution in [0.25, 0.3) is 0 Å². The second kappa shape index (κ2) is 6.14. The summed E-state index contributed by atoms with van der Waals surface area (Å²) in [5.41, 5.74) is 0.996. The predicted octanol–water partition coefficient (Wildman–Crippen LogP) is 4.28. The van der Waals surface area contributed by atoms with Crippen molar-refractivity contribution in [2.45, 2.75) is 29.6 Å². The molecule has 0 radical (unpaired) electrons. The van der Waals surface area contributed by atoms with Crippen molar-refractivity contribution in [3.8, 4) is 0 Å². The minimum atomic E-state index is -3.72. The quantitative estimate of drug-likeness (QED) is 0.727. The molecule has 0 unspecified atom stereocenters. The van der Waals surface area contributed by atoms with E-state index in [1.54, 1.807) is 24.3 Å². The molecule has 0 aliphatic heterocycles. The molecule has 1 saturated carbocycles. The Balaban J connectivity index is 1.77. The number of benzene rings is 2. The summed E-state index contributed by atoms with van der Waals surface area (Å²) in [6.07, 6.45) is 3.04. The van der Waals surface area contributed by atoms with E-state index in [2.05, 4.69) is 28.1 Å². The summed E-state index contributed by atoms with van der Waals surface area (Å²) in [7, 11) is -3.72. The zero-order valence-corrected chi connectivity index (χ0v) is 14.4. The van der Waals surface area contributed by atoms with Crippen molar-refractivity contribution < 1.29 is 12.6 Å².